The summed E-state index contributed by atoms with van der Waals surface area (Å²) in [5.74, 6) is 0.0152. The SMILES string of the molecule is Cc1noc(-c2ccc(-c3ccc([C@@H]4C[C@H]4C(=O)O)cc3)cc2)c1/C=C/CCc1ccccc1. The van der Waals surface area contributed by atoms with Crippen LogP contribution in [0.3, 0.4) is 0 Å². The lowest BCUT2D eigenvalue weighted by Gasteiger charge is -2.06. The lowest BCUT2D eigenvalue weighted by Crippen LogP contribution is -1.98. The highest BCUT2D eigenvalue weighted by atomic mass is 16.5. The van der Waals surface area contributed by atoms with Crippen LogP contribution in [0.1, 0.15) is 41.1 Å². The van der Waals surface area contributed by atoms with Crippen LogP contribution < -0.4 is 0 Å². The lowest BCUT2D eigenvalue weighted by atomic mass is 9.99. The molecule has 0 saturated heterocycles. The zero-order valence-corrected chi connectivity index (χ0v) is 19.1. The first-order chi connectivity index (χ1) is 16.6. The van der Waals surface area contributed by atoms with E-state index in [-0.39, 0.29) is 11.8 Å². The lowest BCUT2D eigenvalue weighted by molar-refractivity contribution is -0.138. The molecule has 1 aliphatic rings. The predicted octanol–water partition coefficient (Wildman–Crippen LogP) is 7.15. The number of aliphatic carboxylic acids is 1. The first-order valence-electron chi connectivity index (χ1n) is 11.7. The van der Waals surface area contributed by atoms with Crippen LogP contribution in [0.4, 0.5) is 0 Å². The Kier molecular flexibility index (Phi) is 6.13. The average Bonchev–Trinajstić information content (AvgIpc) is 3.60. The van der Waals surface area contributed by atoms with Crippen molar-refractivity contribution in [2.75, 3.05) is 0 Å². The summed E-state index contributed by atoms with van der Waals surface area (Å²) in [5.41, 5.74) is 7.54. The molecule has 0 unspecified atom stereocenters. The van der Waals surface area contributed by atoms with E-state index in [1.165, 1.54) is 5.56 Å². The molecule has 4 nitrogen and oxygen atoms in total. The third-order valence-corrected chi connectivity index (χ3v) is 6.56. The van der Waals surface area contributed by atoms with Crippen molar-refractivity contribution in [3.8, 4) is 22.5 Å². The number of nitrogens with zero attached hydrogens (tertiary/aromatic N) is 1. The first-order valence-corrected chi connectivity index (χ1v) is 11.7. The van der Waals surface area contributed by atoms with Crippen molar-refractivity contribution < 1.29 is 14.4 Å². The molecule has 34 heavy (non-hydrogen) atoms. The fraction of sp³-hybridized carbons (Fsp3) is 0.200. The second-order valence-electron chi connectivity index (χ2n) is 8.92. The summed E-state index contributed by atoms with van der Waals surface area (Å²) in [6, 6.07) is 27.0. The van der Waals surface area contributed by atoms with Crippen LogP contribution in [0.2, 0.25) is 0 Å². The van der Waals surface area contributed by atoms with E-state index in [1.54, 1.807) is 0 Å². The number of allylic oxidation sites excluding steroid dienone is 1. The van der Waals surface area contributed by atoms with Gasteiger partial charge in [-0.2, -0.15) is 0 Å². The van der Waals surface area contributed by atoms with Gasteiger partial charge in [0.05, 0.1) is 11.6 Å². The molecule has 2 atom stereocenters. The fourth-order valence-corrected chi connectivity index (χ4v) is 4.45. The Balaban J connectivity index is 1.27. The Labute approximate surface area is 199 Å². The van der Waals surface area contributed by atoms with E-state index in [9.17, 15) is 4.79 Å². The summed E-state index contributed by atoms with van der Waals surface area (Å²) in [7, 11) is 0. The number of hydrogen-bond donors (Lipinski definition) is 1. The maximum atomic E-state index is 11.1. The zero-order chi connectivity index (χ0) is 23.5. The molecule has 4 heteroatoms. The van der Waals surface area contributed by atoms with Crippen molar-refractivity contribution in [2.45, 2.75) is 32.1 Å². The van der Waals surface area contributed by atoms with Gasteiger partial charge in [-0.3, -0.25) is 4.79 Å². The van der Waals surface area contributed by atoms with Crippen LogP contribution >= 0.6 is 0 Å². The molecular weight excluding hydrogens is 422 g/mol. The Morgan fingerprint density at radius 1 is 0.971 bits per heavy atom. The van der Waals surface area contributed by atoms with E-state index in [0.29, 0.717) is 0 Å². The van der Waals surface area contributed by atoms with Gasteiger partial charge in [0, 0.05) is 11.1 Å². The number of carboxylic acid groups (broad SMARTS) is 1. The predicted molar refractivity (Wildman–Crippen MR) is 134 cm³/mol. The highest BCUT2D eigenvalue weighted by Gasteiger charge is 2.43. The molecule has 0 amide bonds. The minimum absolute atomic E-state index is 0.155. The first kappa shape index (κ1) is 21.9. The number of benzene rings is 3. The van der Waals surface area contributed by atoms with E-state index in [1.807, 2.05) is 13.0 Å². The topological polar surface area (TPSA) is 63.3 Å². The van der Waals surface area contributed by atoms with Crippen LogP contribution in [-0.2, 0) is 11.2 Å². The van der Waals surface area contributed by atoms with Gasteiger partial charge in [-0.25, -0.2) is 0 Å². The monoisotopic (exact) mass is 449 g/mol. The van der Waals surface area contributed by atoms with Crippen molar-refractivity contribution >= 4 is 12.0 Å². The van der Waals surface area contributed by atoms with Gasteiger partial charge in [-0.1, -0.05) is 96.2 Å². The van der Waals surface area contributed by atoms with Crippen LogP contribution in [0.15, 0.2) is 89.5 Å². The molecule has 0 radical (unpaired) electrons. The molecule has 0 spiro atoms. The van der Waals surface area contributed by atoms with Crippen LogP contribution in [0.5, 0.6) is 0 Å². The van der Waals surface area contributed by atoms with Crippen molar-refractivity contribution in [2.24, 2.45) is 5.92 Å². The second kappa shape index (κ2) is 9.52. The number of carboxylic acids is 1. The van der Waals surface area contributed by atoms with Crippen LogP contribution in [0, 0.1) is 12.8 Å². The van der Waals surface area contributed by atoms with E-state index in [0.717, 1.165) is 58.5 Å². The van der Waals surface area contributed by atoms with Crippen LogP contribution in [0.25, 0.3) is 28.5 Å². The van der Waals surface area contributed by atoms with Crippen LogP contribution in [-0.4, -0.2) is 16.2 Å². The zero-order valence-electron chi connectivity index (χ0n) is 19.1. The fourth-order valence-electron chi connectivity index (χ4n) is 4.45. The highest BCUT2D eigenvalue weighted by molar-refractivity contribution is 5.76. The summed E-state index contributed by atoms with van der Waals surface area (Å²) in [6.45, 7) is 1.97. The Morgan fingerprint density at radius 2 is 1.62 bits per heavy atom. The number of rotatable bonds is 8. The van der Waals surface area contributed by atoms with Crippen molar-refractivity contribution in [3.63, 3.8) is 0 Å². The quantitative estimate of drug-likeness (QED) is 0.310. The van der Waals surface area contributed by atoms with Crippen molar-refractivity contribution in [1.82, 2.24) is 5.16 Å². The normalized spacial score (nSPS) is 17.2. The average molecular weight is 450 g/mol. The molecule has 0 aliphatic heterocycles. The summed E-state index contributed by atoms with van der Waals surface area (Å²) < 4.78 is 5.67. The standard InChI is InChI=1S/C30H27NO3/c1-20-26(10-6-5-9-21-7-3-2-4-8-21)29(34-31-20)25-17-13-23(14-18-25)22-11-15-24(16-12-22)27-19-28(27)30(32)33/h2-4,6-8,10-18,27-28H,5,9,19H2,1H3,(H,32,33)/b10-6+/t27-,28+/m0/s1. The smallest absolute Gasteiger partial charge is 0.307 e. The molecule has 1 N–H and O–H groups in total. The van der Waals surface area contributed by atoms with Crippen molar-refractivity contribution in [1.29, 1.82) is 0 Å². The van der Waals surface area contributed by atoms with Gasteiger partial charge in [0.25, 0.3) is 0 Å². The molecule has 4 aromatic rings. The molecule has 1 fully saturated rings. The molecule has 0 bridgehead atoms. The third-order valence-electron chi connectivity index (χ3n) is 6.56. The highest BCUT2D eigenvalue weighted by Crippen LogP contribution is 2.47. The van der Waals surface area contributed by atoms with E-state index >= 15 is 0 Å². The van der Waals surface area contributed by atoms with Gasteiger partial charge < -0.3 is 9.63 Å². The summed E-state index contributed by atoms with van der Waals surface area (Å²) >= 11 is 0. The minimum atomic E-state index is -0.697. The van der Waals surface area contributed by atoms with Crippen molar-refractivity contribution in [3.05, 3.63) is 107 Å². The van der Waals surface area contributed by atoms with Gasteiger partial charge in [0.15, 0.2) is 5.76 Å². The Morgan fingerprint density at radius 3 is 2.26 bits per heavy atom. The number of carbonyl (C=O) groups is 1. The Hall–Kier alpha value is -3.92. The number of hydrogen-bond acceptors (Lipinski definition) is 3. The molecule has 1 saturated carbocycles. The second-order valence-corrected chi connectivity index (χ2v) is 8.92. The maximum absolute atomic E-state index is 11.1. The molecule has 1 heterocycles. The molecule has 5 rings (SSSR count). The van der Waals surface area contributed by atoms with Gasteiger partial charge in [0.2, 0.25) is 0 Å². The van der Waals surface area contributed by atoms with Gasteiger partial charge >= 0.3 is 5.97 Å². The molecule has 3 aromatic carbocycles. The molecule has 1 aliphatic carbocycles. The molecule has 1 aromatic heterocycles. The molecular formula is C30H27NO3. The van der Waals surface area contributed by atoms with E-state index in [4.69, 9.17) is 9.63 Å². The Bertz CT molecular complexity index is 1300. The number of aromatic nitrogens is 1. The van der Waals surface area contributed by atoms with Gasteiger partial charge in [-0.15, -0.1) is 0 Å². The summed E-state index contributed by atoms with van der Waals surface area (Å²) in [5, 5.41) is 13.3. The summed E-state index contributed by atoms with van der Waals surface area (Å²) in [6.07, 6.45) is 6.99. The van der Waals surface area contributed by atoms with Gasteiger partial charge in [-0.05, 0) is 54.4 Å². The van der Waals surface area contributed by atoms with E-state index in [2.05, 4.69) is 90.1 Å². The largest absolute Gasteiger partial charge is 0.481 e. The molecule has 170 valence electrons. The number of aryl methyl sites for hydroxylation is 2. The van der Waals surface area contributed by atoms with Gasteiger partial charge in [0.1, 0.15) is 0 Å². The third kappa shape index (κ3) is 4.72. The summed E-state index contributed by atoms with van der Waals surface area (Å²) in [4.78, 5) is 11.1. The maximum Gasteiger partial charge on any atom is 0.307 e. The van der Waals surface area contributed by atoms with E-state index < -0.39 is 5.97 Å². The minimum Gasteiger partial charge on any atom is -0.481 e.